The summed E-state index contributed by atoms with van der Waals surface area (Å²) in [4.78, 5) is 2.36. The molecular weight excluding hydrogens is 665 g/mol. The van der Waals surface area contributed by atoms with Crippen LogP contribution < -0.4 is 4.90 Å². The average Bonchev–Trinajstić information content (AvgIpc) is 3.72. The van der Waals surface area contributed by atoms with Gasteiger partial charge in [0.25, 0.3) is 0 Å². The van der Waals surface area contributed by atoms with Crippen LogP contribution in [0.5, 0.6) is 0 Å². The summed E-state index contributed by atoms with van der Waals surface area (Å²) in [5.74, 6) is 0. The molecule has 1 aliphatic carbocycles. The van der Waals surface area contributed by atoms with Crippen molar-refractivity contribution in [2.75, 3.05) is 4.90 Å². The first-order valence-electron chi connectivity index (χ1n) is 19.1. The van der Waals surface area contributed by atoms with Crippen molar-refractivity contribution in [2.24, 2.45) is 0 Å². The van der Waals surface area contributed by atoms with Crippen molar-refractivity contribution >= 4 is 50.5 Å². The van der Waals surface area contributed by atoms with Gasteiger partial charge in [-0.1, -0.05) is 147 Å². The van der Waals surface area contributed by atoms with Crippen molar-refractivity contribution in [3.63, 3.8) is 0 Å². The van der Waals surface area contributed by atoms with E-state index >= 15 is 0 Å². The minimum Gasteiger partial charge on any atom is -0.311 e. The fraction of sp³-hybridized carbons (Fsp3) is 0.0566. The van der Waals surface area contributed by atoms with Gasteiger partial charge in [-0.25, -0.2) is 0 Å². The molecule has 0 bridgehead atoms. The molecule has 0 saturated heterocycles. The predicted octanol–water partition coefficient (Wildman–Crippen LogP) is 14.4. The molecule has 0 spiro atoms. The van der Waals surface area contributed by atoms with Gasteiger partial charge in [0, 0.05) is 38.9 Å². The predicted molar refractivity (Wildman–Crippen MR) is 234 cm³/mol. The van der Waals surface area contributed by atoms with Gasteiger partial charge in [0.15, 0.2) is 0 Å². The number of anilines is 3. The van der Waals surface area contributed by atoms with E-state index in [1.165, 1.54) is 72.0 Å². The monoisotopic (exact) mass is 704 g/mol. The molecule has 2 heteroatoms. The van der Waals surface area contributed by atoms with E-state index in [0.29, 0.717) is 0 Å². The summed E-state index contributed by atoms with van der Waals surface area (Å²) in [6.45, 7) is 4.67. The summed E-state index contributed by atoms with van der Waals surface area (Å²) in [7, 11) is 0. The highest BCUT2D eigenvalue weighted by Gasteiger charge is 2.33. The number of para-hydroxylation sites is 2. The van der Waals surface area contributed by atoms with Gasteiger partial charge in [0.2, 0.25) is 0 Å². The van der Waals surface area contributed by atoms with Gasteiger partial charge in [-0.2, -0.15) is 0 Å². The van der Waals surface area contributed by atoms with Gasteiger partial charge in [0.1, 0.15) is 0 Å². The Labute approximate surface area is 322 Å². The highest BCUT2D eigenvalue weighted by Crippen LogP contribution is 2.47. The van der Waals surface area contributed by atoms with Crippen LogP contribution in [0.25, 0.3) is 61.4 Å². The molecule has 0 unspecified atom stereocenters. The average molecular weight is 705 g/mol. The maximum absolute atomic E-state index is 2.37. The molecule has 0 amide bonds. The molecule has 55 heavy (non-hydrogen) atoms. The van der Waals surface area contributed by atoms with Gasteiger partial charge in [-0.05, 0) is 117 Å². The van der Waals surface area contributed by atoms with Crippen LogP contribution in [0.2, 0.25) is 0 Å². The standard InChI is InChI=1S/C53H40N2/c1-53(2)49-19-11-9-15-42(49)36-50(53)40-25-32-46(33-26-40)54(44-28-21-38(22-29-44)37-13-5-3-6-14-37)45-30-23-39(24-31-45)41-27-34-52-48(35-41)47-18-10-12-20-51(47)55(52)43-16-7-4-8-17-43/h3-36H,1-2H3. The van der Waals surface area contributed by atoms with Gasteiger partial charge in [-0.15, -0.1) is 0 Å². The van der Waals surface area contributed by atoms with Crippen molar-refractivity contribution in [3.8, 4) is 27.9 Å². The number of hydrogen-bond acceptors (Lipinski definition) is 1. The van der Waals surface area contributed by atoms with E-state index in [0.717, 1.165) is 17.1 Å². The van der Waals surface area contributed by atoms with Crippen molar-refractivity contribution in [1.82, 2.24) is 4.57 Å². The molecule has 0 aliphatic heterocycles. The molecule has 0 saturated carbocycles. The van der Waals surface area contributed by atoms with Crippen LogP contribution >= 0.6 is 0 Å². The third-order valence-electron chi connectivity index (χ3n) is 11.4. The quantitative estimate of drug-likeness (QED) is 0.160. The summed E-state index contributed by atoms with van der Waals surface area (Å²) in [5, 5.41) is 2.51. The Hall–Kier alpha value is -6.90. The van der Waals surface area contributed by atoms with Crippen molar-refractivity contribution < 1.29 is 0 Å². The fourth-order valence-electron chi connectivity index (χ4n) is 8.60. The number of aromatic nitrogens is 1. The van der Waals surface area contributed by atoms with Crippen LogP contribution in [0.4, 0.5) is 17.1 Å². The number of rotatable bonds is 7. The molecule has 9 aromatic rings. The van der Waals surface area contributed by atoms with Crippen LogP contribution in [0.15, 0.2) is 200 Å². The van der Waals surface area contributed by atoms with Gasteiger partial charge in [0.05, 0.1) is 11.0 Å². The SMILES string of the molecule is CC1(C)C(c2ccc(N(c3ccc(-c4ccccc4)cc3)c3ccc(-c4ccc5c(c4)c4ccccc4n5-c4ccccc4)cc3)cc2)=Cc2ccccc21. The lowest BCUT2D eigenvalue weighted by atomic mass is 9.78. The number of benzene rings is 8. The normalized spacial score (nSPS) is 13.2. The first-order chi connectivity index (χ1) is 27.0. The summed E-state index contributed by atoms with van der Waals surface area (Å²) in [5.41, 5.74) is 17.0. The van der Waals surface area contributed by atoms with Crippen LogP contribution in [-0.4, -0.2) is 4.57 Å². The smallest absolute Gasteiger partial charge is 0.0541 e. The Bertz CT molecular complexity index is 2840. The van der Waals surface area contributed by atoms with E-state index < -0.39 is 0 Å². The summed E-state index contributed by atoms with van der Waals surface area (Å²) in [6.07, 6.45) is 2.36. The number of hydrogen-bond donors (Lipinski definition) is 0. The van der Waals surface area contributed by atoms with Crippen LogP contribution in [0.1, 0.15) is 30.5 Å². The molecule has 8 aromatic carbocycles. The first-order valence-corrected chi connectivity index (χ1v) is 19.1. The molecule has 0 fully saturated rings. The highest BCUT2D eigenvalue weighted by molar-refractivity contribution is 6.10. The maximum atomic E-state index is 2.37. The molecule has 0 N–H and O–H groups in total. The Morgan fingerprint density at radius 1 is 0.400 bits per heavy atom. The highest BCUT2D eigenvalue weighted by atomic mass is 15.1. The second kappa shape index (κ2) is 13.2. The zero-order chi connectivity index (χ0) is 36.9. The molecule has 1 aliphatic rings. The van der Waals surface area contributed by atoms with Gasteiger partial charge >= 0.3 is 0 Å². The maximum Gasteiger partial charge on any atom is 0.0541 e. The summed E-state index contributed by atoms with van der Waals surface area (Å²) in [6, 6.07) is 72.7. The Morgan fingerprint density at radius 3 is 1.55 bits per heavy atom. The molecule has 0 atom stereocenters. The third kappa shape index (κ3) is 5.66. The summed E-state index contributed by atoms with van der Waals surface area (Å²) < 4.78 is 2.37. The molecule has 10 rings (SSSR count). The van der Waals surface area contributed by atoms with Gasteiger partial charge < -0.3 is 9.47 Å². The number of nitrogens with zero attached hydrogens (tertiary/aromatic N) is 2. The molecule has 262 valence electrons. The fourth-order valence-corrected chi connectivity index (χ4v) is 8.60. The lowest BCUT2D eigenvalue weighted by molar-refractivity contribution is 0.704. The van der Waals surface area contributed by atoms with E-state index in [2.05, 4.69) is 230 Å². The van der Waals surface area contributed by atoms with Crippen LogP contribution in [0, 0.1) is 0 Å². The van der Waals surface area contributed by atoms with Crippen LogP contribution in [0.3, 0.4) is 0 Å². The topological polar surface area (TPSA) is 8.17 Å². The lowest BCUT2D eigenvalue weighted by Crippen LogP contribution is -2.16. The van der Waals surface area contributed by atoms with Crippen molar-refractivity contribution in [1.29, 1.82) is 0 Å². The van der Waals surface area contributed by atoms with E-state index in [4.69, 9.17) is 0 Å². The first kappa shape index (κ1) is 32.7. The number of fused-ring (bicyclic) bond motifs is 4. The third-order valence-corrected chi connectivity index (χ3v) is 11.4. The zero-order valence-corrected chi connectivity index (χ0v) is 31.0. The minimum atomic E-state index is -0.0552. The van der Waals surface area contributed by atoms with Crippen LogP contribution in [-0.2, 0) is 5.41 Å². The van der Waals surface area contributed by atoms with E-state index in [9.17, 15) is 0 Å². The molecule has 0 radical (unpaired) electrons. The Balaban J connectivity index is 1.03. The van der Waals surface area contributed by atoms with E-state index in [1.807, 2.05) is 0 Å². The molecular formula is C53H40N2. The van der Waals surface area contributed by atoms with Crippen molar-refractivity contribution in [3.05, 3.63) is 217 Å². The van der Waals surface area contributed by atoms with Crippen molar-refractivity contribution in [2.45, 2.75) is 19.3 Å². The van der Waals surface area contributed by atoms with E-state index in [1.54, 1.807) is 0 Å². The Morgan fingerprint density at radius 2 is 0.891 bits per heavy atom. The zero-order valence-electron chi connectivity index (χ0n) is 31.0. The molecule has 1 heterocycles. The van der Waals surface area contributed by atoms with E-state index in [-0.39, 0.29) is 5.41 Å². The lowest BCUT2D eigenvalue weighted by Gasteiger charge is -2.28. The van der Waals surface area contributed by atoms with Gasteiger partial charge in [-0.3, -0.25) is 0 Å². The Kier molecular flexibility index (Phi) is 7.85. The second-order valence-electron chi connectivity index (χ2n) is 15.0. The molecule has 1 aromatic heterocycles. The second-order valence-corrected chi connectivity index (χ2v) is 15.0. The largest absolute Gasteiger partial charge is 0.311 e. The molecule has 2 nitrogen and oxygen atoms in total. The minimum absolute atomic E-state index is 0.0552. The number of allylic oxidation sites excluding steroid dienone is 1. The summed E-state index contributed by atoms with van der Waals surface area (Å²) >= 11 is 0.